The Morgan fingerprint density at radius 1 is 1.17 bits per heavy atom. The van der Waals surface area contributed by atoms with Crippen LogP contribution >= 0.6 is 0 Å². The number of carbonyl (C=O) groups is 3. The monoisotopic (exact) mass is 423 g/mol. The molecule has 1 aliphatic rings. The van der Waals surface area contributed by atoms with Gasteiger partial charge in [-0.2, -0.15) is 5.26 Å². The molecule has 170 valence electrons. The smallest absolute Gasteiger partial charge is 0.407 e. The summed E-state index contributed by atoms with van der Waals surface area (Å²) in [5.41, 5.74) is -1.48. The van der Waals surface area contributed by atoms with Crippen LogP contribution in [-0.4, -0.2) is 66.7 Å². The molecular weight excluding hydrogens is 386 g/mol. The number of hydrogen-bond acceptors (Lipinski definition) is 6. The van der Waals surface area contributed by atoms with Gasteiger partial charge in [0.05, 0.1) is 18.5 Å². The summed E-state index contributed by atoms with van der Waals surface area (Å²) in [5, 5.41) is 17.6. The first-order chi connectivity index (χ1) is 13.9. The lowest BCUT2D eigenvalue weighted by Crippen LogP contribution is -2.53. The van der Waals surface area contributed by atoms with Crippen molar-refractivity contribution in [2.75, 3.05) is 32.7 Å². The molecular formula is C21H37N5O4. The highest BCUT2D eigenvalue weighted by Crippen LogP contribution is 2.18. The molecule has 0 radical (unpaired) electrons. The number of piperidine rings is 1. The van der Waals surface area contributed by atoms with Crippen molar-refractivity contribution >= 4 is 17.9 Å². The van der Waals surface area contributed by atoms with E-state index >= 15 is 0 Å². The first kappa shape index (κ1) is 25.7. The molecule has 0 bridgehead atoms. The van der Waals surface area contributed by atoms with E-state index in [2.05, 4.69) is 22.0 Å². The van der Waals surface area contributed by atoms with E-state index in [1.165, 1.54) is 0 Å². The van der Waals surface area contributed by atoms with Crippen molar-refractivity contribution in [2.24, 2.45) is 11.8 Å². The Morgan fingerprint density at radius 3 is 2.37 bits per heavy atom. The summed E-state index contributed by atoms with van der Waals surface area (Å²) < 4.78 is 5.14. The van der Waals surface area contributed by atoms with Crippen LogP contribution < -0.4 is 16.0 Å². The summed E-state index contributed by atoms with van der Waals surface area (Å²) in [6.45, 7) is 12.8. The average Bonchev–Trinajstić information content (AvgIpc) is 2.63. The summed E-state index contributed by atoms with van der Waals surface area (Å²) in [7, 11) is 0. The summed E-state index contributed by atoms with van der Waals surface area (Å²) in [6.07, 6.45) is 1.06. The maximum Gasteiger partial charge on any atom is 0.407 e. The highest BCUT2D eigenvalue weighted by molar-refractivity contribution is 5.80. The van der Waals surface area contributed by atoms with Gasteiger partial charge in [-0.3, -0.25) is 14.5 Å². The number of nitriles is 1. The van der Waals surface area contributed by atoms with Crippen LogP contribution in [0.4, 0.5) is 4.79 Å². The molecule has 0 aliphatic carbocycles. The van der Waals surface area contributed by atoms with E-state index in [1.807, 2.05) is 18.7 Å². The van der Waals surface area contributed by atoms with Gasteiger partial charge in [-0.1, -0.05) is 13.8 Å². The number of alkyl carbamates (subject to hydrolysis) is 1. The highest BCUT2D eigenvalue weighted by atomic mass is 16.6. The van der Waals surface area contributed by atoms with Gasteiger partial charge in [0.2, 0.25) is 11.8 Å². The third-order valence-corrected chi connectivity index (χ3v) is 5.12. The molecule has 0 aromatic carbocycles. The Balaban J connectivity index is 2.40. The number of nitrogens with zero attached hydrogens (tertiary/aromatic N) is 2. The van der Waals surface area contributed by atoms with Crippen LogP contribution in [0.1, 0.15) is 54.4 Å². The molecule has 2 atom stereocenters. The van der Waals surface area contributed by atoms with Crippen LogP contribution in [0.25, 0.3) is 0 Å². The molecule has 30 heavy (non-hydrogen) atoms. The van der Waals surface area contributed by atoms with Crippen molar-refractivity contribution in [3.05, 3.63) is 0 Å². The van der Waals surface area contributed by atoms with Crippen molar-refractivity contribution in [3.8, 4) is 6.07 Å². The number of rotatable bonds is 8. The lowest BCUT2D eigenvalue weighted by molar-refractivity contribution is -0.129. The van der Waals surface area contributed by atoms with E-state index in [-0.39, 0.29) is 36.7 Å². The molecule has 1 aliphatic heterocycles. The minimum absolute atomic E-state index is 0.0133. The summed E-state index contributed by atoms with van der Waals surface area (Å²) in [4.78, 5) is 38.4. The molecule has 1 saturated heterocycles. The Morgan fingerprint density at radius 2 is 1.80 bits per heavy atom. The molecule has 9 heteroatoms. The first-order valence-corrected chi connectivity index (χ1v) is 10.6. The number of carbonyl (C=O) groups excluding carboxylic acids is 3. The molecule has 0 spiro atoms. The van der Waals surface area contributed by atoms with Crippen LogP contribution in [0.5, 0.6) is 0 Å². The van der Waals surface area contributed by atoms with Crippen molar-refractivity contribution in [2.45, 2.75) is 65.5 Å². The van der Waals surface area contributed by atoms with Crippen molar-refractivity contribution in [3.63, 3.8) is 0 Å². The van der Waals surface area contributed by atoms with Gasteiger partial charge in [-0.25, -0.2) is 4.79 Å². The zero-order chi connectivity index (χ0) is 22.9. The minimum atomic E-state index is -0.912. The fourth-order valence-electron chi connectivity index (χ4n) is 3.06. The second-order valence-corrected chi connectivity index (χ2v) is 9.31. The Kier molecular flexibility index (Phi) is 9.56. The lowest BCUT2D eigenvalue weighted by Gasteiger charge is -2.33. The number of hydrogen-bond donors (Lipinski definition) is 3. The van der Waals surface area contributed by atoms with Crippen LogP contribution in [-0.2, 0) is 14.3 Å². The second kappa shape index (κ2) is 11.2. The van der Waals surface area contributed by atoms with E-state index in [1.54, 1.807) is 27.7 Å². The fraction of sp³-hybridized carbons (Fsp3) is 0.810. The molecule has 0 saturated carbocycles. The summed E-state index contributed by atoms with van der Waals surface area (Å²) in [5.74, 6) is -0.522. The minimum Gasteiger partial charge on any atom is -0.444 e. The number of nitrogens with one attached hydrogen (secondary N) is 3. The predicted molar refractivity (Wildman–Crippen MR) is 113 cm³/mol. The van der Waals surface area contributed by atoms with Gasteiger partial charge in [0.15, 0.2) is 0 Å². The second-order valence-electron chi connectivity index (χ2n) is 9.31. The van der Waals surface area contributed by atoms with Crippen molar-refractivity contribution < 1.29 is 19.1 Å². The average molecular weight is 424 g/mol. The van der Waals surface area contributed by atoms with Gasteiger partial charge < -0.3 is 20.7 Å². The van der Waals surface area contributed by atoms with E-state index in [4.69, 9.17) is 4.74 Å². The molecule has 9 nitrogen and oxygen atoms in total. The van der Waals surface area contributed by atoms with Crippen molar-refractivity contribution in [1.82, 2.24) is 20.9 Å². The maximum atomic E-state index is 12.4. The number of amides is 3. The normalized spacial score (nSPS) is 19.3. The van der Waals surface area contributed by atoms with Crippen LogP contribution in [0, 0.1) is 23.2 Å². The molecule has 2 unspecified atom stereocenters. The van der Waals surface area contributed by atoms with E-state index < -0.39 is 17.2 Å². The summed E-state index contributed by atoms with van der Waals surface area (Å²) in [6, 6.07) is 2.17. The summed E-state index contributed by atoms with van der Waals surface area (Å²) >= 11 is 0. The van der Waals surface area contributed by atoms with Gasteiger partial charge in [0.25, 0.3) is 0 Å². The zero-order valence-corrected chi connectivity index (χ0v) is 19.1. The zero-order valence-electron chi connectivity index (χ0n) is 19.1. The first-order valence-electron chi connectivity index (χ1n) is 10.6. The third-order valence-electron chi connectivity index (χ3n) is 5.12. The quantitative estimate of drug-likeness (QED) is 0.507. The SMILES string of the molecule is CC(C)C(C)(C#N)NC(=O)CN1CCCC(C(=O)NCCNC(=O)OC(C)(C)C)C1. The molecule has 1 heterocycles. The number of ether oxygens (including phenoxy) is 1. The largest absolute Gasteiger partial charge is 0.444 e. The molecule has 0 aromatic rings. The van der Waals surface area contributed by atoms with Gasteiger partial charge >= 0.3 is 6.09 Å². The Labute approximate surface area is 179 Å². The van der Waals surface area contributed by atoms with Gasteiger partial charge in [0.1, 0.15) is 11.1 Å². The van der Waals surface area contributed by atoms with Crippen molar-refractivity contribution in [1.29, 1.82) is 5.26 Å². The maximum absolute atomic E-state index is 12.4. The molecule has 3 N–H and O–H groups in total. The molecule has 0 aromatic heterocycles. The van der Waals surface area contributed by atoms with Crippen LogP contribution in [0.3, 0.4) is 0 Å². The third kappa shape index (κ3) is 8.99. The topological polar surface area (TPSA) is 124 Å². The van der Waals surface area contributed by atoms with Gasteiger partial charge in [-0.05, 0) is 53.0 Å². The van der Waals surface area contributed by atoms with Gasteiger partial charge in [0, 0.05) is 19.6 Å². The Bertz CT molecular complexity index is 653. The van der Waals surface area contributed by atoms with Crippen LogP contribution in [0.15, 0.2) is 0 Å². The molecule has 1 fully saturated rings. The highest BCUT2D eigenvalue weighted by Gasteiger charge is 2.32. The van der Waals surface area contributed by atoms with Crippen LogP contribution in [0.2, 0.25) is 0 Å². The molecule has 3 amide bonds. The number of likely N-dealkylation sites (tertiary alicyclic amines) is 1. The molecule has 1 rings (SSSR count). The standard InChI is InChI=1S/C21H37N5O4/c1-15(2)21(6,14-22)25-17(27)13-26-11-7-8-16(12-26)18(28)23-9-10-24-19(29)30-20(3,4)5/h15-16H,7-13H2,1-6H3,(H,23,28)(H,24,29)(H,25,27). The van der Waals surface area contributed by atoms with Gasteiger partial charge in [-0.15, -0.1) is 0 Å². The predicted octanol–water partition coefficient (Wildman–Crippen LogP) is 1.39. The lowest BCUT2D eigenvalue weighted by atomic mass is 9.90. The van der Waals surface area contributed by atoms with E-state index in [0.717, 1.165) is 19.4 Å². The van der Waals surface area contributed by atoms with E-state index in [9.17, 15) is 19.6 Å². The van der Waals surface area contributed by atoms with E-state index in [0.29, 0.717) is 13.1 Å². The fourth-order valence-corrected chi connectivity index (χ4v) is 3.06. The Hall–Kier alpha value is -2.34.